The van der Waals surface area contributed by atoms with Gasteiger partial charge in [-0.3, -0.25) is 14.3 Å². The van der Waals surface area contributed by atoms with E-state index in [1.54, 1.807) is 0 Å². The summed E-state index contributed by atoms with van der Waals surface area (Å²) >= 11 is 6.08. The number of amides is 1. The van der Waals surface area contributed by atoms with E-state index in [2.05, 4.69) is 10.3 Å². The van der Waals surface area contributed by atoms with Gasteiger partial charge in [0.2, 0.25) is 0 Å². The molecular formula is C12H11ClN2O5S2. The van der Waals surface area contributed by atoms with Crippen LogP contribution in [0.5, 0.6) is 0 Å². The highest BCUT2D eigenvalue weighted by Crippen LogP contribution is 2.30. The number of oxazole rings is 1. The maximum absolute atomic E-state index is 12.1. The summed E-state index contributed by atoms with van der Waals surface area (Å²) in [5.41, 5.74) is -0.0301. The van der Waals surface area contributed by atoms with Crippen molar-refractivity contribution in [1.29, 1.82) is 0 Å². The first kappa shape index (κ1) is 16.7. The van der Waals surface area contributed by atoms with Crippen molar-refractivity contribution in [1.82, 2.24) is 4.98 Å². The molecule has 10 heteroatoms. The van der Waals surface area contributed by atoms with E-state index < -0.39 is 26.5 Å². The van der Waals surface area contributed by atoms with E-state index in [0.29, 0.717) is 0 Å². The van der Waals surface area contributed by atoms with E-state index in [9.17, 15) is 17.4 Å². The van der Waals surface area contributed by atoms with Gasteiger partial charge in [-0.05, 0) is 12.1 Å². The van der Waals surface area contributed by atoms with Crippen LogP contribution < -0.4 is 5.32 Å². The number of benzene rings is 1. The highest BCUT2D eigenvalue weighted by Gasteiger charge is 2.24. The van der Waals surface area contributed by atoms with Crippen LogP contribution in [-0.4, -0.2) is 36.0 Å². The van der Waals surface area contributed by atoms with Crippen molar-refractivity contribution in [3.8, 4) is 0 Å². The number of sulfone groups is 1. The Labute approximate surface area is 134 Å². The van der Waals surface area contributed by atoms with E-state index in [1.807, 2.05) is 0 Å². The zero-order valence-corrected chi connectivity index (χ0v) is 13.9. The minimum Gasteiger partial charge on any atom is -0.432 e. The number of hydrogen-bond acceptors (Lipinski definition) is 6. The van der Waals surface area contributed by atoms with E-state index in [-0.39, 0.29) is 26.4 Å². The lowest BCUT2D eigenvalue weighted by Crippen LogP contribution is -2.15. The van der Waals surface area contributed by atoms with Gasteiger partial charge < -0.3 is 4.42 Å². The Bertz CT molecular complexity index is 847. The summed E-state index contributed by atoms with van der Waals surface area (Å²) < 4.78 is 40.2. The van der Waals surface area contributed by atoms with Crippen LogP contribution in [0.25, 0.3) is 0 Å². The summed E-state index contributed by atoms with van der Waals surface area (Å²) in [5.74, 6) is -0.654. The van der Waals surface area contributed by atoms with Gasteiger partial charge in [-0.2, -0.15) is 0 Å². The molecule has 0 fully saturated rings. The summed E-state index contributed by atoms with van der Waals surface area (Å²) in [7, 11) is -5.33. The molecule has 0 saturated carbocycles. The second-order valence-electron chi connectivity index (χ2n) is 4.27. The maximum atomic E-state index is 12.1. The number of aromatic nitrogens is 1. The molecule has 1 aromatic heterocycles. The first-order chi connectivity index (χ1) is 10.2. The number of rotatable bonds is 4. The number of halogens is 1. The summed E-state index contributed by atoms with van der Waals surface area (Å²) in [6.07, 6.45) is 4.88. The Kier molecular flexibility index (Phi) is 4.69. The van der Waals surface area contributed by atoms with E-state index in [1.165, 1.54) is 30.8 Å². The first-order valence-electron chi connectivity index (χ1n) is 5.78. The molecule has 0 spiro atoms. The van der Waals surface area contributed by atoms with Gasteiger partial charge in [-0.15, -0.1) is 0 Å². The number of carbonyl (C=O) groups is 1. The lowest BCUT2D eigenvalue weighted by atomic mass is 10.2. The molecule has 0 aliphatic rings. The fourth-order valence-corrected chi connectivity index (χ4v) is 4.63. The first-order valence-corrected chi connectivity index (χ1v) is 9.61. The molecule has 22 heavy (non-hydrogen) atoms. The summed E-state index contributed by atoms with van der Waals surface area (Å²) in [6, 6.07) is 2.41. The largest absolute Gasteiger partial charge is 0.432 e. The lowest BCUT2D eigenvalue weighted by molar-refractivity contribution is 0.102. The summed E-state index contributed by atoms with van der Waals surface area (Å²) in [6.45, 7) is 0. The van der Waals surface area contributed by atoms with Crippen LogP contribution in [0.4, 0.5) is 6.01 Å². The molecule has 118 valence electrons. The highest BCUT2D eigenvalue weighted by molar-refractivity contribution is 7.92. The Morgan fingerprint density at radius 2 is 2.09 bits per heavy atom. The zero-order chi connectivity index (χ0) is 16.5. The Hall–Kier alpha value is -1.71. The number of nitrogens with zero attached hydrogens (tertiary/aromatic N) is 1. The van der Waals surface area contributed by atoms with Crippen molar-refractivity contribution in [3.63, 3.8) is 0 Å². The van der Waals surface area contributed by atoms with E-state index in [0.717, 1.165) is 6.26 Å². The molecule has 1 aromatic carbocycles. The van der Waals surface area contributed by atoms with Crippen molar-refractivity contribution in [2.75, 3.05) is 17.8 Å². The minimum atomic E-state index is -3.63. The molecule has 1 N–H and O–H groups in total. The average Bonchev–Trinajstić information content (AvgIpc) is 2.89. The minimum absolute atomic E-state index is 0.0301. The van der Waals surface area contributed by atoms with E-state index >= 15 is 0 Å². The van der Waals surface area contributed by atoms with Gasteiger partial charge in [0.05, 0.1) is 37.4 Å². The van der Waals surface area contributed by atoms with Crippen molar-refractivity contribution in [2.24, 2.45) is 0 Å². The zero-order valence-electron chi connectivity index (χ0n) is 11.5. The van der Waals surface area contributed by atoms with Crippen LogP contribution in [0.3, 0.4) is 0 Å². The van der Waals surface area contributed by atoms with Crippen molar-refractivity contribution >= 4 is 44.2 Å². The molecule has 7 nitrogen and oxygen atoms in total. The third kappa shape index (κ3) is 3.37. The predicted octanol–water partition coefficient (Wildman–Crippen LogP) is 1.72. The average molecular weight is 363 g/mol. The quantitative estimate of drug-likeness (QED) is 0.887. The Morgan fingerprint density at radius 1 is 1.41 bits per heavy atom. The van der Waals surface area contributed by atoms with Gasteiger partial charge >= 0.3 is 6.01 Å². The monoisotopic (exact) mass is 362 g/mol. The molecule has 2 rings (SSSR count). The number of nitrogens with one attached hydrogen (secondary N) is 1. The fraction of sp³-hybridized carbons (Fsp3) is 0.167. The van der Waals surface area contributed by atoms with Gasteiger partial charge in [0, 0.05) is 12.5 Å². The maximum Gasteiger partial charge on any atom is 0.301 e. The van der Waals surface area contributed by atoms with Gasteiger partial charge in [-0.25, -0.2) is 13.4 Å². The summed E-state index contributed by atoms with van der Waals surface area (Å²) in [4.78, 5) is 15.6. The standard InChI is InChI=1S/C12H11ClN2O5S2/c1-21(17)10-8(22(2,18)19)4-3-7(9(10)13)11(16)15-12-14-5-6-20-12/h3-6H,1-2H3,(H,14,15,16). The van der Waals surface area contributed by atoms with Crippen molar-refractivity contribution in [3.05, 3.63) is 35.2 Å². The highest BCUT2D eigenvalue weighted by atomic mass is 35.5. The van der Waals surface area contributed by atoms with Gasteiger partial charge in [0.25, 0.3) is 5.91 Å². The molecule has 1 heterocycles. The Morgan fingerprint density at radius 3 is 2.59 bits per heavy atom. The van der Waals surface area contributed by atoms with Crippen molar-refractivity contribution in [2.45, 2.75) is 9.79 Å². The van der Waals surface area contributed by atoms with Crippen LogP contribution in [0.2, 0.25) is 5.02 Å². The molecule has 1 amide bonds. The van der Waals surface area contributed by atoms with Crippen LogP contribution in [0, 0.1) is 0 Å². The molecule has 1 unspecified atom stereocenters. The molecule has 0 bridgehead atoms. The molecule has 0 radical (unpaired) electrons. The topological polar surface area (TPSA) is 106 Å². The third-order valence-corrected chi connectivity index (χ3v) is 5.42. The lowest BCUT2D eigenvalue weighted by Gasteiger charge is -2.11. The molecule has 0 saturated heterocycles. The van der Waals surface area contributed by atoms with Crippen LogP contribution in [0.15, 0.2) is 38.8 Å². The van der Waals surface area contributed by atoms with Gasteiger partial charge in [0.15, 0.2) is 9.84 Å². The normalized spacial score (nSPS) is 12.9. The fourth-order valence-electron chi connectivity index (χ4n) is 1.72. The second-order valence-corrected chi connectivity index (χ2v) is 7.95. The van der Waals surface area contributed by atoms with Gasteiger partial charge in [0.1, 0.15) is 6.26 Å². The van der Waals surface area contributed by atoms with E-state index in [4.69, 9.17) is 16.0 Å². The molecule has 1 atom stereocenters. The number of carbonyl (C=O) groups excluding carboxylic acids is 1. The number of anilines is 1. The van der Waals surface area contributed by atoms with Crippen molar-refractivity contribution < 1.29 is 21.8 Å². The predicted molar refractivity (Wildman–Crippen MR) is 81.4 cm³/mol. The van der Waals surface area contributed by atoms with Crippen LogP contribution in [-0.2, 0) is 20.6 Å². The molecule has 0 aliphatic carbocycles. The molecule has 2 aromatic rings. The van der Waals surface area contributed by atoms with Crippen LogP contribution >= 0.6 is 11.6 Å². The SMILES string of the molecule is CS(=O)c1c(S(C)(=O)=O)ccc(C(=O)Nc2ncco2)c1Cl. The van der Waals surface area contributed by atoms with Crippen LogP contribution in [0.1, 0.15) is 10.4 Å². The Balaban J connectivity index is 2.53. The molecular weight excluding hydrogens is 352 g/mol. The third-order valence-electron chi connectivity index (χ3n) is 2.65. The second kappa shape index (κ2) is 6.19. The number of hydrogen-bond donors (Lipinski definition) is 1. The van der Waals surface area contributed by atoms with Gasteiger partial charge in [-0.1, -0.05) is 11.6 Å². The smallest absolute Gasteiger partial charge is 0.301 e. The molecule has 0 aliphatic heterocycles. The summed E-state index contributed by atoms with van der Waals surface area (Å²) in [5, 5.41) is 2.17.